The summed E-state index contributed by atoms with van der Waals surface area (Å²) in [5, 5.41) is 2.89. The third kappa shape index (κ3) is 3.89. The predicted molar refractivity (Wildman–Crippen MR) is 94.1 cm³/mol. The minimum Gasteiger partial charge on any atom is -0.378 e. The van der Waals surface area contributed by atoms with Crippen molar-refractivity contribution in [3.63, 3.8) is 0 Å². The van der Waals surface area contributed by atoms with E-state index in [1.165, 1.54) is 0 Å². The monoisotopic (exact) mass is 375 g/mol. The molecule has 0 atom stereocenters. The molecule has 0 aliphatic carbocycles. The highest BCUT2D eigenvalue weighted by atomic mass is 79.9. The highest BCUT2D eigenvalue weighted by molar-refractivity contribution is 9.10. The van der Waals surface area contributed by atoms with Gasteiger partial charge in [0.25, 0.3) is 5.91 Å². The molecule has 3 rings (SSSR count). The van der Waals surface area contributed by atoms with E-state index < -0.39 is 0 Å². The van der Waals surface area contributed by atoms with Crippen molar-refractivity contribution in [2.75, 3.05) is 36.5 Å². The van der Waals surface area contributed by atoms with Crippen LogP contribution in [0.25, 0.3) is 0 Å². The molecule has 1 aliphatic rings. The van der Waals surface area contributed by atoms with Gasteiger partial charge in [-0.3, -0.25) is 9.78 Å². The van der Waals surface area contributed by atoms with Crippen molar-refractivity contribution in [3.05, 3.63) is 52.3 Å². The van der Waals surface area contributed by atoms with Crippen molar-refractivity contribution in [2.24, 2.45) is 0 Å². The van der Waals surface area contributed by atoms with Crippen LogP contribution in [0.5, 0.6) is 0 Å². The summed E-state index contributed by atoms with van der Waals surface area (Å²) in [5.41, 5.74) is 3.24. The number of hydrogen-bond acceptors (Lipinski definition) is 4. The molecule has 2 heterocycles. The van der Waals surface area contributed by atoms with E-state index in [9.17, 15) is 4.79 Å². The molecule has 0 bridgehead atoms. The summed E-state index contributed by atoms with van der Waals surface area (Å²) in [5.74, 6) is -0.207. The Balaban J connectivity index is 1.75. The molecule has 1 aliphatic heterocycles. The van der Waals surface area contributed by atoms with Crippen LogP contribution in [0, 0.1) is 6.92 Å². The number of nitrogens with zero attached hydrogens (tertiary/aromatic N) is 2. The topological polar surface area (TPSA) is 54.5 Å². The van der Waals surface area contributed by atoms with Crippen molar-refractivity contribution in [1.82, 2.24) is 4.98 Å². The molecular formula is C17H18BrN3O2. The van der Waals surface area contributed by atoms with E-state index in [4.69, 9.17) is 4.74 Å². The highest BCUT2D eigenvalue weighted by Crippen LogP contribution is 2.21. The molecule has 0 spiro atoms. The molecule has 23 heavy (non-hydrogen) atoms. The number of anilines is 2. The Morgan fingerprint density at radius 3 is 2.78 bits per heavy atom. The molecule has 0 unspecified atom stereocenters. The van der Waals surface area contributed by atoms with Gasteiger partial charge in [0, 0.05) is 35.1 Å². The summed E-state index contributed by atoms with van der Waals surface area (Å²) in [4.78, 5) is 18.8. The maximum atomic E-state index is 12.4. The third-order valence-electron chi connectivity index (χ3n) is 3.77. The number of nitrogens with one attached hydrogen (secondary N) is 1. The zero-order valence-electron chi connectivity index (χ0n) is 12.9. The number of ether oxygens (including phenoxy) is 1. The van der Waals surface area contributed by atoms with Gasteiger partial charge in [-0.05, 0) is 42.8 Å². The number of halogens is 1. The number of morpholine rings is 1. The molecule has 1 amide bonds. The lowest BCUT2D eigenvalue weighted by atomic mass is 10.2. The maximum absolute atomic E-state index is 12.4. The van der Waals surface area contributed by atoms with Gasteiger partial charge in [-0.2, -0.15) is 0 Å². The largest absolute Gasteiger partial charge is 0.378 e. The van der Waals surface area contributed by atoms with Crippen LogP contribution in [-0.2, 0) is 4.74 Å². The van der Waals surface area contributed by atoms with E-state index in [2.05, 4.69) is 31.1 Å². The van der Waals surface area contributed by atoms with E-state index in [1.54, 1.807) is 6.20 Å². The second-order valence-electron chi connectivity index (χ2n) is 5.42. The molecule has 6 heteroatoms. The molecular weight excluding hydrogens is 358 g/mol. The molecule has 1 N–H and O–H groups in total. The maximum Gasteiger partial charge on any atom is 0.274 e. The minimum atomic E-state index is -0.207. The van der Waals surface area contributed by atoms with Crippen LogP contribution in [0.1, 0.15) is 16.1 Å². The number of aryl methyl sites for hydroxylation is 1. The molecule has 0 saturated carbocycles. The fraction of sp³-hybridized carbons (Fsp3) is 0.294. The number of rotatable bonds is 3. The third-order valence-corrected chi connectivity index (χ3v) is 4.66. The normalized spacial score (nSPS) is 14.6. The van der Waals surface area contributed by atoms with Crippen LogP contribution in [0.3, 0.4) is 0 Å². The molecule has 1 aromatic carbocycles. The Morgan fingerprint density at radius 2 is 2.04 bits per heavy atom. The van der Waals surface area contributed by atoms with E-state index in [0.717, 1.165) is 34.5 Å². The van der Waals surface area contributed by atoms with Gasteiger partial charge < -0.3 is 15.0 Å². The Bertz CT molecular complexity index is 715. The van der Waals surface area contributed by atoms with Crippen molar-refractivity contribution in [3.8, 4) is 0 Å². The van der Waals surface area contributed by atoms with Crippen LogP contribution >= 0.6 is 15.9 Å². The Hall–Kier alpha value is -1.92. The molecule has 1 aromatic heterocycles. The van der Waals surface area contributed by atoms with E-state index in [-0.39, 0.29) is 5.91 Å². The summed E-state index contributed by atoms with van der Waals surface area (Å²) < 4.78 is 6.37. The molecule has 1 fully saturated rings. The Labute approximate surface area is 143 Å². The average Bonchev–Trinajstić information content (AvgIpc) is 2.59. The number of carbonyl (C=O) groups is 1. The lowest BCUT2D eigenvalue weighted by Crippen LogP contribution is -2.36. The fourth-order valence-electron chi connectivity index (χ4n) is 2.48. The molecule has 1 saturated heterocycles. The Morgan fingerprint density at radius 1 is 1.26 bits per heavy atom. The van der Waals surface area contributed by atoms with E-state index in [1.807, 2.05) is 37.3 Å². The highest BCUT2D eigenvalue weighted by Gasteiger charge is 2.14. The number of hydrogen-bond donors (Lipinski definition) is 1. The van der Waals surface area contributed by atoms with Crippen molar-refractivity contribution < 1.29 is 9.53 Å². The predicted octanol–water partition coefficient (Wildman–Crippen LogP) is 3.24. The number of aromatic nitrogens is 1. The first-order chi connectivity index (χ1) is 11.1. The smallest absolute Gasteiger partial charge is 0.274 e. The quantitative estimate of drug-likeness (QED) is 0.894. The number of amides is 1. The lowest BCUT2D eigenvalue weighted by molar-refractivity contribution is 0.102. The summed E-state index contributed by atoms with van der Waals surface area (Å²) in [6.07, 6.45) is 1.67. The van der Waals surface area contributed by atoms with Crippen LogP contribution in [0.2, 0.25) is 0 Å². The molecule has 2 aromatic rings. The van der Waals surface area contributed by atoms with Crippen LogP contribution in [0.4, 0.5) is 11.4 Å². The first-order valence-corrected chi connectivity index (χ1v) is 8.29. The number of benzene rings is 1. The van der Waals surface area contributed by atoms with E-state index in [0.29, 0.717) is 18.9 Å². The average molecular weight is 376 g/mol. The molecule has 5 nitrogen and oxygen atoms in total. The molecule has 0 radical (unpaired) electrons. The van der Waals surface area contributed by atoms with Crippen LogP contribution in [0.15, 0.2) is 41.0 Å². The van der Waals surface area contributed by atoms with Gasteiger partial charge in [-0.1, -0.05) is 15.9 Å². The van der Waals surface area contributed by atoms with Gasteiger partial charge in [0.05, 0.1) is 13.2 Å². The van der Waals surface area contributed by atoms with Gasteiger partial charge in [0.15, 0.2) is 0 Å². The van der Waals surface area contributed by atoms with Crippen LogP contribution in [-0.4, -0.2) is 37.2 Å². The fourth-order valence-corrected chi connectivity index (χ4v) is 2.73. The van der Waals surface area contributed by atoms with Gasteiger partial charge in [0.1, 0.15) is 5.69 Å². The zero-order valence-corrected chi connectivity index (χ0v) is 14.5. The number of carbonyl (C=O) groups excluding carboxylic acids is 1. The van der Waals surface area contributed by atoms with Crippen molar-refractivity contribution in [1.29, 1.82) is 0 Å². The van der Waals surface area contributed by atoms with Crippen LogP contribution < -0.4 is 10.2 Å². The van der Waals surface area contributed by atoms with Gasteiger partial charge in [-0.15, -0.1) is 0 Å². The SMILES string of the molecule is Cc1cc(NC(=O)c2cc(N3CCOCC3)ccn2)ccc1Br. The van der Waals surface area contributed by atoms with Crippen molar-refractivity contribution in [2.45, 2.75) is 6.92 Å². The summed E-state index contributed by atoms with van der Waals surface area (Å²) in [6.45, 7) is 5.06. The second kappa shape index (κ2) is 7.10. The lowest BCUT2D eigenvalue weighted by Gasteiger charge is -2.28. The van der Waals surface area contributed by atoms with Gasteiger partial charge >= 0.3 is 0 Å². The summed E-state index contributed by atoms with van der Waals surface area (Å²) >= 11 is 3.45. The van der Waals surface area contributed by atoms with Gasteiger partial charge in [0.2, 0.25) is 0 Å². The second-order valence-corrected chi connectivity index (χ2v) is 6.27. The minimum absolute atomic E-state index is 0.207. The van der Waals surface area contributed by atoms with Crippen molar-refractivity contribution >= 4 is 33.2 Å². The standard InChI is InChI=1S/C17H18BrN3O2/c1-12-10-13(2-3-15(12)18)20-17(22)16-11-14(4-5-19-16)21-6-8-23-9-7-21/h2-5,10-11H,6-9H2,1H3,(H,20,22). The summed E-state index contributed by atoms with van der Waals surface area (Å²) in [6, 6.07) is 9.45. The van der Waals surface area contributed by atoms with E-state index >= 15 is 0 Å². The first kappa shape index (κ1) is 16.0. The summed E-state index contributed by atoms with van der Waals surface area (Å²) in [7, 11) is 0. The number of pyridine rings is 1. The zero-order chi connectivity index (χ0) is 16.2. The first-order valence-electron chi connectivity index (χ1n) is 7.50. The molecule has 120 valence electrons. The van der Waals surface area contributed by atoms with Gasteiger partial charge in [-0.25, -0.2) is 0 Å². The Kier molecular flexibility index (Phi) is 4.93.